The standard InChI is InChI=1S/C13H24N4O3/c1-5-9(6-2)11(18)8-14-13-12(17(19)20)10(7-3)15-16(13)4/h9,11,14,18H,5-8H2,1-4H3. The summed E-state index contributed by atoms with van der Waals surface area (Å²) in [6.45, 7) is 6.17. The van der Waals surface area contributed by atoms with Crippen LogP contribution in [0, 0.1) is 16.0 Å². The Morgan fingerprint density at radius 1 is 1.40 bits per heavy atom. The molecule has 2 N–H and O–H groups in total. The van der Waals surface area contributed by atoms with E-state index in [2.05, 4.69) is 10.4 Å². The molecule has 0 radical (unpaired) electrons. The Balaban J connectivity index is 2.87. The number of hydrogen-bond acceptors (Lipinski definition) is 5. The van der Waals surface area contributed by atoms with Gasteiger partial charge >= 0.3 is 5.69 Å². The van der Waals surface area contributed by atoms with Crippen LogP contribution in [-0.4, -0.2) is 32.5 Å². The normalized spacial score (nSPS) is 12.7. The average molecular weight is 284 g/mol. The number of nitrogens with zero attached hydrogens (tertiary/aromatic N) is 3. The Hall–Kier alpha value is -1.63. The van der Waals surface area contributed by atoms with Crippen molar-refractivity contribution in [2.45, 2.75) is 46.1 Å². The molecule has 0 amide bonds. The Kier molecular flexibility index (Phi) is 5.94. The highest BCUT2D eigenvalue weighted by Gasteiger charge is 2.26. The minimum Gasteiger partial charge on any atom is -0.391 e. The summed E-state index contributed by atoms with van der Waals surface area (Å²) in [5.74, 6) is 0.553. The van der Waals surface area contributed by atoms with E-state index in [1.54, 1.807) is 7.05 Å². The maximum absolute atomic E-state index is 11.2. The fraction of sp³-hybridized carbons (Fsp3) is 0.769. The third-order valence-corrected chi connectivity index (χ3v) is 3.68. The number of nitro groups is 1. The van der Waals surface area contributed by atoms with Crippen molar-refractivity contribution in [1.82, 2.24) is 9.78 Å². The summed E-state index contributed by atoms with van der Waals surface area (Å²) in [6.07, 6.45) is 1.74. The van der Waals surface area contributed by atoms with Crippen LogP contribution in [0.15, 0.2) is 0 Å². The number of aryl methyl sites for hydroxylation is 2. The highest BCUT2D eigenvalue weighted by molar-refractivity contribution is 5.59. The molecule has 0 spiro atoms. The summed E-state index contributed by atoms with van der Waals surface area (Å²) in [4.78, 5) is 10.7. The molecule has 0 saturated heterocycles. The molecule has 1 aromatic rings. The molecule has 1 aromatic heterocycles. The van der Waals surface area contributed by atoms with Crippen LogP contribution in [0.5, 0.6) is 0 Å². The van der Waals surface area contributed by atoms with Crippen LogP contribution in [-0.2, 0) is 13.5 Å². The summed E-state index contributed by atoms with van der Waals surface area (Å²) < 4.78 is 1.47. The molecule has 114 valence electrons. The van der Waals surface area contributed by atoms with Gasteiger partial charge in [0.2, 0.25) is 5.82 Å². The van der Waals surface area contributed by atoms with Crippen LogP contribution < -0.4 is 5.32 Å². The number of aromatic nitrogens is 2. The molecule has 1 heterocycles. The lowest BCUT2D eigenvalue weighted by Gasteiger charge is -2.20. The minimum atomic E-state index is -0.524. The number of hydrogen-bond donors (Lipinski definition) is 2. The van der Waals surface area contributed by atoms with Gasteiger partial charge in [0.15, 0.2) is 0 Å². The quantitative estimate of drug-likeness (QED) is 0.563. The second-order valence-electron chi connectivity index (χ2n) is 4.90. The first-order chi connectivity index (χ1) is 9.46. The van der Waals surface area contributed by atoms with Gasteiger partial charge in [-0.3, -0.25) is 10.1 Å². The topological polar surface area (TPSA) is 93.2 Å². The first-order valence-electron chi connectivity index (χ1n) is 7.08. The summed E-state index contributed by atoms with van der Waals surface area (Å²) >= 11 is 0. The van der Waals surface area contributed by atoms with Crippen LogP contribution in [0.2, 0.25) is 0 Å². The predicted octanol–water partition coefficient (Wildman–Crippen LogP) is 2.10. The van der Waals surface area contributed by atoms with E-state index < -0.39 is 11.0 Å². The van der Waals surface area contributed by atoms with Crippen molar-refractivity contribution in [1.29, 1.82) is 0 Å². The lowest BCUT2D eigenvalue weighted by molar-refractivity contribution is -0.384. The molecule has 1 rings (SSSR count). The zero-order valence-electron chi connectivity index (χ0n) is 12.6. The van der Waals surface area contributed by atoms with Gasteiger partial charge in [0.1, 0.15) is 5.69 Å². The van der Waals surface area contributed by atoms with Crippen molar-refractivity contribution in [3.8, 4) is 0 Å². The highest BCUT2D eigenvalue weighted by Crippen LogP contribution is 2.28. The number of rotatable bonds is 8. The molecule has 7 nitrogen and oxygen atoms in total. The Labute approximate surface area is 119 Å². The zero-order valence-corrected chi connectivity index (χ0v) is 12.6. The van der Waals surface area contributed by atoms with Crippen molar-refractivity contribution in [2.75, 3.05) is 11.9 Å². The molecule has 0 aliphatic heterocycles. The first-order valence-corrected chi connectivity index (χ1v) is 7.08. The second kappa shape index (κ2) is 7.23. The zero-order chi connectivity index (χ0) is 15.3. The fourth-order valence-corrected chi connectivity index (χ4v) is 2.40. The minimum absolute atomic E-state index is 0.00625. The molecule has 7 heteroatoms. The lowest BCUT2D eigenvalue weighted by atomic mass is 9.96. The van der Waals surface area contributed by atoms with Crippen molar-refractivity contribution < 1.29 is 10.0 Å². The molecule has 20 heavy (non-hydrogen) atoms. The predicted molar refractivity (Wildman–Crippen MR) is 77.8 cm³/mol. The number of anilines is 1. The number of nitrogens with one attached hydrogen (secondary N) is 1. The molecule has 0 aliphatic carbocycles. The third-order valence-electron chi connectivity index (χ3n) is 3.68. The third kappa shape index (κ3) is 3.47. The van der Waals surface area contributed by atoms with Gasteiger partial charge in [0.25, 0.3) is 0 Å². The van der Waals surface area contributed by atoms with Crippen LogP contribution in [0.1, 0.15) is 39.3 Å². The molecule has 1 atom stereocenters. The molecule has 0 saturated carbocycles. The van der Waals surface area contributed by atoms with Gasteiger partial charge in [0.05, 0.1) is 11.0 Å². The van der Waals surface area contributed by atoms with Gasteiger partial charge in [-0.2, -0.15) is 5.10 Å². The summed E-state index contributed by atoms with van der Waals surface area (Å²) in [5, 5.41) is 28.4. The number of aliphatic hydroxyl groups excluding tert-OH is 1. The molecule has 0 aliphatic rings. The summed E-state index contributed by atoms with van der Waals surface area (Å²) in [5.41, 5.74) is 0.462. The van der Waals surface area contributed by atoms with Crippen molar-refractivity contribution >= 4 is 11.5 Å². The fourth-order valence-electron chi connectivity index (χ4n) is 2.40. The van der Waals surface area contributed by atoms with Crippen LogP contribution in [0.3, 0.4) is 0 Å². The smallest absolute Gasteiger partial charge is 0.333 e. The SMILES string of the molecule is CCc1nn(C)c(NCC(O)C(CC)CC)c1[N+](=O)[O-]. The van der Waals surface area contributed by atoms with Crippen LogP contribution >= 0.6 is 0 Å². The van der Waals surface area contributed by atoms with Gasteiger partial charge in [-0.1, -0.05) is 33.6 Å². The summed E-state index contributed by atoms with van der Waals surface area (Å²) in [6, 6.07) is 0. The Morgan fingerprint density at radius 3 is 2.45 bits per heavy atom. The van der Waals surface area contributed by atoms with E-state index in [0.717, 1.165) is 12.8 Å². The van der Waals surface area contributed by atoms with Gasteiger partial charge < -0.3 is 10.4 Å². The van der Waals surface area contributed by atoms with Gasteiger partial charge in [0, 0.05) is 13.6 Å². The maximum atomic E-state index is 11.2. The van der Waals surface area contributed by atoms with E-state index in [4.69, 9.17) is 0 Å². The molecular weight excluding hydrogens is 260 g/mol. The van der Waals surface area contributed by atoms with E-state index in [-0.39, 0.29) is 18.2 Å². The molecule has 1 unspecified atom stereocenters. The molecular formula is C13H24N4O3. The van der Waals surface area contributed by atoms with Crippen LogP contribution in [0.4, 0.5) is 11.5 Å². The second-order valence-corrected chi connectivity index (χ2v) is 4.90. The highest BCUT2D eigenvalue weighted by atomic mass is 16.6. The van der Waals surface area contributed by atoms with Crippen molar-refractivity contribution in [2.24, 2.45) is 13.0 Å². The number of aliphatic hydroxyl groups is 1. The van der Waals surface area contributed by atoms with E-state index in [9.17, 15) is 15.2 Å². The van der Waals surface area contributed by atoms with E-state index >= 15 is 0 Å². The van der Waals surface area contributed by atoms with E-state index in [0.29, 0.717) is 17.9 Å². The monoisotopic (exact) mass is 284 g/mol. The van der Waals surface area contributed by atoms with E-state index in [1.165, 1.54) is 4.68 Å². The van der Waals surface area contributed by atoms with Gasteiger partial charge in [-0.05, 0) is 12.3 Å². The average Bonchev–Trinajstić information content (AvgIpc) is 2.74. The first kappa shape index (κ1) is 16.4. The Morgan fingerprint density at radius 2 is 2.00 bits per heavy atom. The Bertz CT molecular complexity index is 455. The maximum Gasteiger partial charge on any atom is 0.333 e. The van der Waals surface area contributed by atoms with Crippen molar-refractivity contribution in [3.63, 3.8) is 0 Å². The molecule has 0 fully saturated rings. The molecule has 0 aromatic carbocycles. The lowest BCUT2D eigenvalue weighted by Crippen LogP contribution is -2.28. The van der Waals surface area contributed by atoms with Crippen LogP contribution in [0.25, 0.3) is 0 Å². The van der Waals surface area contributed by atoms with Gasteiger partial charge in [-0.25, -0.2) is 4.68 Å². The van der Waals surface area contributed by atoms with E-state index in [1.807, 2.05) is 20.8 Å². The molecule has 0 bridgehead atoms. The van der Waals surface area contributed by atoms with Crippen molar-refractivity contribution in [3.05, 3.63) is 15.8 Å². The largest absolute Gasteiger partial charge is 0.391 e. The van der Waals surface area contributed by atoms with Gasteiger partial charge in [-0.15, -0.1) is 0 Å². The summed E-state index contributed by atoms with van der Waals surface area (Å²) in [7, 11) is 1.66.